The molecule has 1 fully saturated rings. The molecule has 1 spiro atoms. The van der Waals surface area contributed by atoms with E-state index in [4.69, 9.17) is 0 Å². The number of fused-ring (bicyclic) bond motifs is 11. The van der Waals surface area contributed by atoms with Crippen LogP contribution in [0.3, 0.4) is 0 Å². The molecule has 1 saturated carbocycles. The molecule has 12 rings (SSSR count). The Hall–Kier alpha value is -5.08. The molecular formula is C57H58N2. The Morgan fingerprint density at radius 2 is 1.34 bits per heavy atom. The molecule has 0 N–H and O–H groups in total. The van der Waals surface area contributed by atoms with E-state index in [2.05, 4.69) is 168 Å². The van der Waals surface area contributed by atoms with Crippen molar-refractivity contribution in [3.05, 3.63) is 197 Å². The van der Waals surface area contributed by atoms with Gasteiger partial charge in [0, 0.05) is 45.7 Å². The Morgan fingerprint density at radius 3 is 2.22 bits per heavy atom. The van der Waals surface area contributed by atoms with Crippen molar-refractivity contribution in [2.45, 2.75) is 94.5 Å². The van der Waals surface area contributed by atoms with E-state index in [-0.39, 0.29) is 11.5 Å². The van der Waals surface area contributed by atoms with Crippen LogP contribution in [0.15, 0.2) is 186 Å². The fourth-order valence-corrected chi connectivity index (χ4v) is 14.3. The average molecular weight is 771 g/mol. The van der Waals surface area contributed by atoms with E-state index in [0.717, 1.165) is 32.1 Å². The van der Waals surface area contributed by atoms with Crippen molar-refractivity contribution in [2.24, 2.45) is 35.5 Å². The Morgan fingerprint density at radius 1 is 0.576 bits per heavy atom. The van der Waals surface area contributed by atoms with Crippen LogP contribution in [0, 0.1) is 35.5 Å². The van der Waals surface area contributed by atoms with Crippen LogP contribution in [0.1, 0.15) is 88.2 Å². The van der Waals surface area contributed by atoms with Crippen LogP contribution >= 0.6 is 0 Å². The molecule has 0 saturated heterocycles. The first-order chi connectivity index (χ1) is 29.3. The van der Waals surface area contributed by atoms with Gasteiger partial charge in [-0.1, -0.05) is 127 Å². The highest BCUT2D eigenvalue weighted by molar-refractivity contribution is 5.94. The lowest BCUT2D eigenvalue weighted by atomic mass is 9.59. The van der Waals surface area contributed by atoms with Gasteiger partial charge in [0.2, 0.25) is 0 Å². The van der Waals surface area contributed by atoms with Gasteiger partial charge in [-0.3, -0.25) is 0 Å². The maximum atomic E-state index is 2.86. The molecule has 0 aromatic heterocycles. The quantitative estimate of drug-likeness (QED) is 0.230. The molecular weight excluding hydrogens is 713 g/mol. The normalized spacial score (nSPS) is 33.4. The molecule has 9 unspecified atom stereocenters. The molecule has 2 nitrogen and oxygen atoms in total. The van der Waals surface area contributed by atoms with Crippen LogP contribution in [0.4, 0.5) is 11.4 Å². The van der Waals surface area contributed by atoms with Crippen molar-refractivity contribution in [1.82, 2.24) is 0 Å². The third-order valence-electron chi connectivity index (χ3n) is 16.4. The van der Waals surface area contributed by atoms with E-state index in [0.29, 0.717) is 41.5 Å². The van der Waals surface area contributed by atoms with Gasteiger partial charge in [-0.15, -0.1) is 0 Å². The predicted molar refractivity (Wildman–Crippen MR) is 246 cm³/mol. The van der Waals surface area contributed by atoms with Gasteiger partial charge in [0.25, 0.3) is 0 Å². The van der Waals surface area contributed by atoms with Crippen molar-refractivity contribution in [3.63, 3.8) is 0 Å². The van der Waals surface area contributed by atoms with Crippen molar-refractivity contribution in [2.75, 3.05) is 9.80 Å². The smallest absolute Gasteiger partial charge is 0.0525 e. The second-order valence-electron chi connectivity index (χ2n) is 19.0. The summed E-state index contributed by atoms with van der Waals surface area (Å²) in [6.07, 6.45) is 44.8. The summed E-state index contributed by atoms with van der Waals surface area (Å²) in [7, 11) is 0. The number of allylic oxidation sites excluding steroid dienone is 14. The van der Waals surface area contributed by atoms with Gasteiger partial charge in [0.05, 0.1) is 6.04 Å². The van der Waals surface area contributed by atoms with Crippen molar-refractivity contribution < 1.29 is 0 Å². The Balaban J connectivity index is 1.03. The van der Waals surface area contributed by atoms with Crippen LogP contribution in [-0.2, 0) is 5.41 Å². The summed E-state index contributed by atoms with van der Waals surface area (Å²) < 4.78 is 0. The van der Waals surface area contributed by atoms with Crippen molar-refractivity contribution in [3.8, 4) is 0 Å². The molecule has 0 aliphatic heterocycles. The number of para-hydroxylation sites is 2. The second-order valence-corrected chi connectivity index (χ2v) is 19.0. The first kappa shape index (κ1) is 35.8. The molecule has 3 aromatic carbocycles. The standard InChI is InChI=1S/C57H58N2/c1-3-22-41(23-4-1)58(53-33-15-20-39-18-7-9-26-44(39)53)43-36-37-47-46-28-11-13-30-49(46)57(52(47)38-43)50-31-14-12-29-48(50)56-51(57)32-17-35-55(56)59(42-24-5-2-6-25-42)54-34-16-21-40-19-8-10-27-45(40)54/h1-6,8-9,11-12,14-15,19,21-26,28-29,31,33,35-37,39,43,45-47,49,52,54H,7,10,13,16-18,20,27,30,32,34,38H2. The van der Waals surface area contributed by atoms with E-state index in [9.17, 15) is 0 Å². The number of benzene rings is 3. The molecule has 0 amide bonds. The van der Waals surface area contributed by atoms with Crippen molar-refractivity contribution in [1.29, 1.82) is 0 Å². The van der Waals surface area contributed by atoms with Gasteiger partial charge < -0.3 is 9.80 Å². The molecule has 0 heterocycles. The van der Waals surface area contributed by atoms with Gasteiger partial charge >= 0.3 is 0 Å². The zero-order chi connectivity index (χ0) is 38.9. The Kier molecular flexibility index (Phi) is 8.85. The van der Waals surface area contributed by atoms with Gasteiger partial charge in [-0.2, -0.15) is 0 Å². The van der Waals surface area contributed by atoms with E-state index in [1.54, 1.807) is 27.9 Å². The van der Waals surface area contributed by atoms with Crippen LogP contribution in [0.5, 0.6) is 0 Å². The highest BCUT2D eigenvalue weighted by Crippen LogP contribution is 2.70. The maximum absolute atomic E-state index is 2.86. The molecule has 9 aliphatic carbocycles. The first-order valence-corrected chi connectivity index (χ1v) is 23.3. The summed E-state index contributed by atoms with van der Waals surface area (Å²) in [6, 6.07) is 33.5. The van der Waals surface area contributed by atoms with Gasteiger partial charge in [-0.25, -0.2) is 0 Å². The van der Waals surface area contributed by atoms with Crippen LogP contribution in [0.25, 0.3) is 5.57 Å². The van der Waals surface area contributed by atoms with E-state index in [1.165, 1.54) is 73.3 Å². The van der Waals surface area contributed by atoms with Gasteiger partial charge in [0.15, 0.2) is 0 Å². The second kappa shape index (κ2) is 14.6. The Labute approximate surface area is 352 Å². The number of anilines is 2. The third kappa shape index (κ3) is 5.50. The maximum Gasteiger partial charge on any atom is 0.0525 e. The SMILES string of the molecule is C1=CC2=C(N(c3ccccc3)C3C=CC4C5C=CCCC5C5(C6=C(C(N(c7ccccc7)C7CCC=C8C=CCCC87)=CCC6)c6ccccc65)C4C3)C=CCC2CC1. The molecule has 0 bridgehead atoms. The monoisotopic (exact) mass is 770 g/mol. The number of hydrogen-bond donors (Lipinski definition) is 0. The molecule has 0 radical (unpaired) electrons. The average Bonchev–Trinajstić information content (AvgIpc) is 3.78. The number of hydrogen-bond acceptors (Lipinski definition) is 2. The molecule has 3 aromatic rings. The lowest BCUT2D eigenvalue weighted by molar-refractivity contribution is 0.238. The third-order valence-corrected chi connectivity index (χ3v) is 16.4. The van der Waals surface area contributed by atoms with E-state index < -0.39 is 0 Å². The molecule has 296 valence electrons. The lowest BCUT2D eigenvalue weighted by Gasteiger charge is -2.48. The van der Waals surface area contributed by atoms with Crippen LogP contribution < -0.4 is 9.80 Å². The summed E-state index contributed by atoms with van der Waals surface area (Å²) in [5.74, 6) is 3.40. The Bertz CT molecular complexity index is 2410. The van der Waals surface area contributed by atoms with Gasteiger partial charge in [-0.05, 0) is 165 Å². The van der Waals surface area contributed by atoms with Crippen LogP contribution in [-0.4, -0.2) is 12.1 Å². The first-order valence-electron chi connectivity index (χ1n) is 23.3. The summed E-state index contributed by atoms with van der Waals surface area (Å²) in [4.78, 5) is 5.63. The van der Waals surface area contributed by atoms with E-state index in [1.807, 2.05) is 0 Å². The zero-order valence-corrected chi connectivity index (χ0v) is 34.5. The molecule has 59 heavy (non-hydrogen) atoms. The number of rotatable bonds is 6. The summed E-state index contributed by atoms with van der Waals surface area (Å²) in [6.45, 7) is 0. The fourth-order valence-electron chi connectivity index (χ4n) is 14.3. The van der Waals surface area contributed by atoms with Crippen molar-refractivity contribution >= 4 is 16.9 Å². The summed E-state index contributed by atoms with van der Waals surface area (Å²) in [5, 5.41) is 0. The minimum Gasteiger partial charge on any atom is -0.337 e. The highest BCUT2D eigenvalue weighted by Gasteiger charge is 2.65. The highest BCUT2D eigenvalue weighted by atomic mass is 15.2. The topological polar surface area (TPSA) is 6.48 Å². The number of nitrogens with zero attached hydrogens (tertiary/aromatic N) is 2. The predicted octanol–water partition coefficient (Wildman–Crippen LogP) is 13.8. The minimum atomic E-state index is 0.0119. The lowest BCUT2D eigenvalue weighted by Crippen LogP contribution is -2.46. The molecule has 2 heteroatoms. The largest absolute Gasteiger partial charge is 0.337 e. The summed E-state index contributed by atoms with van der Waals surface area (Å²) >= 11 is 0. The van der Waals surface area contributed by atoms with Crippen LogP contribution in [0.2, 0.25) is 0 Å². The zero-order valence-electron chi connectivity index (χ0n) is 34.5. The fraction of sp³-hybridized carbons (Fsp3) is 0.368. The van der Waals surface area contributed by atoms with Gasteiger partial charge in [0.1, 0.15) is 0 Å². The molecule has 9 aliphatic rings. The van der Waals surface area contributed by atoms with E-state index >= 15 is 0 Å². The summed E-state index contributed by atoms with van der Waals surface area (Å²) in [5.41, 5.74) is 15.3. The molecule has 9 atom stereocenters. The minimum absolute atomic E-state index is 0.0119.